The Balaban J connectivity index is 2.14. The maximum atomic E-state index is 13.1. The molecule has 3 aromatic rings. The van der Waals surface area contributed by atoms with E-state index in [4.69, 9.17) is 0 Å². The van der Waals surface area contributed by atoms with Gasteiger partial charge in [-0.2, -0.15) is 0 Å². The van der Waals surface area contributed by atoms with Crippen LogP contribution < -0.4 is 0 Å². The molecular formula is C21H14O2. The summed E-state index contributed by atoms with van der Waals surface area (Å²) in [6.07, 6.45) is 0. The minimum atomic E-state index is -1.05. The lowest BCUT2D eigenvalue weighted by Gasteiger charge is -2.29. The van der Waals surface area contributed by atoms with Crippen LogP contribution in [0.4, 0.5) is 0 Å². The number of hydrogen-bond donors (Lipinski definition) is 0. The summed E-state index contributed by atoms with van der Waals surface area (Å²) in [6.45, 7) is 0. The molecule has 0 saturated carbocycles. The van der Waals surface area contributed by atoms with Crippen LogP contribution in [0.5, 0.6) is 0 Å². The number of ketones is 2. The lowest BCUT2D eigenvalue weighted by Crippen LogP contribution is -2.36. The van der Waals surface area contributed by atoms with Gasteiger partial charge in [0, 0.05) is 5.56 Å². The Hall–Kier alpha value is -3.00. The van der Waals surface area contributed by atoms with E-state index in [1.807, 2.05) is 72.8 Å². The molecule has 2 heteroatoms. The standard InChI is InChI=1S/C21H14O2/c22-19-17-13-7-8-14-18(17)21(20(19)23,15-9-3-1-4-10-15)16-11-5-2-6-12-16/h1-14H. The molecule has 0 saturated heterocycles. The van der Waals surface area contributed by atoms with Gasteiger partial charge in [0.15, 0.2) is 0 Å². The molecule has 0 fully saturated rings. The number of fused-ring (bicyclic) bond motifs is 1. The van der Waals surface area contributed by atoms with E-state index in [-0.39, 0.29) is 5.78 Å². The highest BCUT2D eigenvalue weighted by molar-refractivity contribution is 6.51. The smallest absolute Gasteiger partial charge is 0.230 e. The van der Waals surface area contributed by atoms with Crippen molar-refractivity contribution < 1.29 is 9.59 Å². The van der Waals surface area contributed by atoms with Crippen LogP contribution in [0.15, 0.2) is 84.9 Å². The third-order valence-corrected chi connectivity index (χ3v) is 4.54. The van der Waals surface area contributed by atoms with E-state index in [1.54, 1.807) is 12.1 Å². The van der Waals surface area contributed by atoms with Gasteiger partial charge in [0.1, 0.15) is 5.41 Å². The number of rotatable bonds is 2. The molecule has 0 unspecified atom stereocenters. The third-order valence-electron chi connectivity index (χ3n) is 4.54. The van der Waals surface area contributed by atoms with E-state index >= 15 is 0 Å². The van der Waals surface area contributed by atoms with Gasteiger partial charge in [-0.15, -0.1) is 0 Å². The van der Waals surface area contributed by atoms with E-state index in [9.17, 15) is 9.59 Å². The molecule has 3 aromatic carbocycles. The lowest BCUT2D eigenvalue weighted by molar-refractivity contribution is -0.117. The molecule has 2 nitrogen and oxygen atoms in total. The predicted molar refractivity (Wildman–Crippen MR) is 88.5 cm³/mol. The van der Waals surface area contributed by atoms with Crippen molar-refractivity contribution in [1.82, 2.24) is 0 Å². The molecule has 0 N–H and O–H groups in total. The second-order valence-corrected chi connectivity index (χ2v) is 5.69. The van der Waals surface area contributed by atoms with Gasteiger partial charge in [0.25, 0.3) is 0 Å². The fourth-order valence-electron chi connectivity index (χ4n) is 3.54. The Morgan fingerprint density at radius 1 is 0.565 bits per heavy atom. The molecule has 1 aliphatic rings. The molecule has 23 heavy (non-hydrogen) atoms. The average Bonchev–Trinajstić information content (AvgIpc) is 2.86. The molecule has 0 amide bonds. The average molecular weight is 298 g/mol. The molecule has 0 aliphatic heterocycles. The molecule has 0 radical (unpaired) electrons. The van der Waals surface area contributed by atoms with Crippen molar-refractivity contribution in [1.29, 1.82) is 0 Å². The van der Waals surface area contributed by atoms with E-state index in [2.05, 4.69) is 0 Å². The van der Waals surface area contributed by atoms with Crippen LogP contribution in [0.25, 0.3) is 0 Å². The number of Topliss-reactive ketones (excluding diaryl/α,β-unsaturated/α-hetero) is 2. The van der Waals surface area contributed by atoms with Crippen LogP contribution in [-0.4, -0.2) is 11.6 Å². The van der Waals surface area contributed by atoms with Gasteiger partial charge in [0.05, 0.1) is 0 Å². The largest absolute Gasteiger partial charge is 0.289 e. The molecule has 4 rings (SSSR count). The number of benzene rings is 3. The van der Waals surface area contributed by atoms with Gasteiger partial charge in [-0.3, -0.25) is 9.59 Å². The number of carbonyl (C=O) groups excluding carboxylic acids is 2. The molecule has 0 atom stereocenters. The first-order valence-corrected chi connectivity index (χ1v) is 7.56. The Labute approximate surface area is 134 Å². The topological polar surface area (TPSA) is 34.1 Å². The summed E-state index contributed by atoms with van der Waals surface area (Å²) in [6, 6.07) is 26.4. The SMILES string of the molecule is O=C1C(=O)C(c2ccccc2)(c2ccccc2)c2ccccc21. The molecule has 110 valence electrons. The van der Waals surface area contributed by atoms with Crippen molar-refractivity contribution in [3.05, 3.63) is 107 Å². The maximum absolute atomic E-state index is 13.1. The van der Waals surface area contributed by atoms with Crippen LogP contribution in [0.3, 0.4) is 0 Å². The van der Waals surface area contributed by atoms with Crippen LogP contribution in [0, 0.1) is 0 Å². The Morgan fingerprint density at radius 2 is 1.04 bits per heavy atom. The van der Waals surface area contributed by atoms with Crippen molar-refractivity contribution >= 4 is 11.6 Å². The maximum Gasteiger partial charge on any atom is 0.230 e. The van der Waals surface area contributed by atoms with Crippen LogP contribution in [0.1, 0.15) is 27.0 Å². The van der Waals surface area contributed by atoms with Crippen molar-refractivity contribution in [2.24, 2.45) is 0 Å². The summed E-state index contributed by atoms with van der Waals surface area (Å²) in [5.41, 5.74) is 1.89. The monoisotopic (exact) mass is 298 g/mol. The third kappa shape index (κ3) is 1.75. The van der Waals surface area contributed by atoms with E-state index in [0.29, 0.717) is 5.56 Å². The first-order chi connectivity index (χ1) is 11.3. The highest BCUT2D eigenvalue weighted by Crippen LogP contribution is 2.46. The summed E-state index contributed by atoms with van der Waals surface area (Å²) >= 11 is 0. The molecule has 0 bridgehead atoms. The highest BCUT2D eigenvalue weighted by Gasteiger charge is 2.53. The van der Waals surface area contributed by atoms with E-state index < -0.39 is 11.2 Å². The van der Waals surface area contributed by atoms with E-state index in [1.165, 1.54) is 0 Å². The second-order valence-electron chi connectivity index (χ2n) is 5.69. The van der Waals surface area contributed by atoms with Gasteiger partial charge in [-0.1, -0.05) is 84.9 Å². The second kappa shape index (κ2) is 5.03. The van der Waals surface area contributed by atoms with E-state index in [0.717, 1.165) is 16.7 Å². The first kappa shape index (κ1) is 13.6. The van der Waals surface area contributed by atoms with Gasteiger partial charge >= 0.3 is 0 Å². The summed E-state index contributed by atoms with van der Waals surface area (Å²) in [5, 5.41) is 0. The van der Waals surface area contributed by atoms with Crippen molar-refractivity contribution in [2.45, 2.75) is 5.41 Å². The van der Waals surface area contributed by atoms with Gasteiger partial charge in [0.2, 0.25) is 11.6 Å². The van der Waals surface area contributed by atoms with Crippen molar-refractivity contribution in [2.75, 3.05) is 0 Å². The van der Waals surface area contributed by atoms with Gasteiger partial charge in [-0.05, 0) is 16.7 Å². The van der Waals surface area contributed by atoms with Crippen molar-refractivity contribution in [3.63, 3.8) is 0 Å². The minimum Gasteiger partial charge on any atom is -0.289 e. The van der Waals surface area contributed by atoms with Gasteiger partial charge in [-0.25, -0.2) is 0 Å². The Kier molecular flexibility index (Phi) is 2.98. The van der Waals surface area contributed by atoms with Crippen molar-refractivity contribution in [3.8, 4) is 0 Å². The number of carbonyl (C=O) groups is 2. The zero-order chi connectivity index (χ0) is 15.9. The van der Waals surface area contributed by atoms with Crippen LogP contribution >= 0.6 is 0 Å². The quantitative estimate of drug-likeness (QED) is 0.675. The Bertz CT molecular complexity index is 856. The molecule has 0 heterocycles. The highest BCUT2D eigenvalue weighted by atomic mass is 16.2. The predicted octanol–water partition coefficient (Wildman–Crippen LogP) is 3.79. The minimum absolute atomic E-state index is 0.379. The Morgan fingerprint density at radius 3 is 1.61 bits per heavy atom. The normalized spacial score (nSPS) is 15.5. The molecule has 0 aromatic heterocycles. The summed E-state index contributed by atoms with van der Waals surface area (Å²) < 4.78 is 0. The lowest BCUT2D eigenvalue weighted by atomic mass is 9.69. The first-order valence-electron chi connectivity index (χ1n) is 7.56. The fraction of sp³-hybridized carbons (Fsp3) is 0.0476. The number of hydrogen-bond acceptors (Lipinski definition) is 2. The fourth-order valence-corrected chi connectivity index (χ4v) is 3.54. The molecular weight excluding hydrogens is 284 g/mol. The zero-order valence-electron chi connectivity index (χ0n) is 12.4. The van der Waals surface area contributed by atoms with Gasteiger partial charge < -0.3 is 0 Å². The zero-order valence-corrected chi connectivity index (χ0v) is 12.4. The summed E-state index contributed by atoms with van der Waals surface area (Å²) in [5.74, 6) is -0.788. The summed E-state index contributed by atoms with van der Waals surface area (Å²) in [4.78, 5) is 25.7. The summed E-state index contributed by atoms with van der Waals surface area (Å²) in [7, 11) is 0. The van der Waals surface area contributed by atoms with Crippen LogP contribution in [-0.2, 0) is 10.2 Å². The van der Waals surface area contributed by atoms with Crippen LogP contribution in [0.2, 0.25) is 0 Å². The molecule has 0 spiro atoms. The molecule has 1 aliphatic carbocycles.